The zero-order valence-electron chi connectivity index (χ0n) is 14.1. The molecular formula is C19H17FN4O2. The van der Waals surface area contributed by atoms with Crippen LogP contribution in [0.25, 0.3) is 22.2 Å². The third kappa shape index (κ3) is 2.92. The molecule has 0 bridgehead atoms. The summed E-state index contributed by atoms with van der Waals surface area (Å²) in [4.78, 5) is 23.6. The van der Waals surface area contributed by atoms with Crippen molar-refractivity contribution in [2.45, 2.75) is 25.8 Å². The molecule has 26 heavy (non-hydrogen) atoms. The van der Waals surface area contributed by atoms with Gasteiger partial charge in [0.05, 0.1) is 11.2 Å². The third-order valence-electron chi connectivity index (χ3n) is 4.54. The van der Waals surface area contributed by atoms with Gasteiger partial charge >= 0.3 is 0 Å². The minimum Gasteiger partial charge on any atom is -0.344 e. The molecule has 1 aliphatic rings. The van der Waals surface area contributed by atoms with Gasteiger partial charge in [-0.15, -0.1) is 0 Å². The predicted octanol–water partition coefficient (Wildman–Crippen LogP) is 2.89. The van der Waals surface area contributed by atoms with Gasteiger partial charge in [0.2, 0.25) is 11.8 Å². The Morgan fingerprint density at radius 1 is 1.31 bits per heavy atom. The highest BCUT2D eigenvalue weighted by atomic mass is 19.1. The monoisotopic (exact) mass is 352 g/mol. The maximum atomic E-state index is 13.6. The molecule has 3 aromatic rings. The van der Waals surface area contributed by atoms with E-state index in [0.717, 1.165) is 16.5 Å². The van der Waals surface area contributed by atoms with E-state index in [2.05, 4.69) is 20.8 Å². The number of amides is 2. The first-order valence-electron chi connectivity index (χ1n) is 8.36. The molecule has 2 amide bonds. The highest BCUT2D eigenvalue weighted by molar-refractivity contribution is 6.02. The number of aromatic nitrogens is 2. The van der Waals surface area contributed by atoms with Gasteiger partial charge in [-0.25, -0.2) is 4.39 Å². The Bertz CT molecular complexity index is 1030. The number of fused-ring (bicyclic) bond motifs is 1. The Kier molecular flexibility index (Phi) is 3.91. The quantitative estimate of drug-likeness (QED) is 0.677. The van der Waals surface area contributed by atoms with E-state index in [0.29, 0.717) is 29.8 Å². The van der Waals surface area contributed by atoms with Gasteiger partial charge in [-0.05, 0) is 43.2 Å². The molecule has 1 aliphatic heterocycles. The van der Waals surface area contributed by atoms with Crippen LogP contribution in [0.1, 0.15) is 18.4 Å². The van der Waals surface area contributed by atoms with E-state index in [1.54, 1.807) is 18.2 Å². The molecule has 2 aromatic carbocycles. The normalized spacial score (nSPS) is 16.7. The number of benzene rings is 2. The zero-order chi connectivity index (χ0) is 18.3. The molecule has 0 aliphatic carbocycles. The lowest BCUT2D eigenvalue weighted by Crippen LogP contribution is -2.37. The van der Waals surface area contributed by atoms with Crippen LogP contribution >= 0.6 is 0 Å². The second-order valence-electron chi connectivity index (χ2n) is 6.45. The van der Waals surface area contributed by atoms with Gasteiger partial charge in [0.1, 0.15) is 11.9 Å². The summed E-state index contributed by atoms with van der Waals surface area (Å²) in [5, 5.41) is 13.6. The van der Waals surface area contributed by atoms with Crippen LogP contribution in [0.15, 0.2) is 36.4 Å². The van der Waals surface area contributed by atoms with Gasteiger partial charge in [0.25, 0.3) is 0 Å². The Hall–Kier alpha value is -3.22. The highest BCUT2D eigenvalue weighted by Gasteiger charge is 2.27. The van der Waals surface area contributed by atoms with Crippen molar-refractivity contribution in [1.82, 2.24) is 15.5 Å². The number of hydrogen-bond donors (Lipinski definition) is 3. The summed E-state index contributed by atoms with van der Waals surface area (Å²) in [5.41, 5.74) is 3.62. The molecule has 0 spiro atoms. The fourth-order valence-corrected chi connectivity index (χ4v) is 3.27. The molecule has 3 N–H and O–H groups in total. The summed E-state index contributed by atoms with van der Waals surface area (Å²) in [7, 11) is 0. The summed E-state index contributed by atoms with van der Waals surface area (Å²) in [6.45, 7) is 1.89. The van der Waals surface area contributed by atoms with E-state index >= 15 is 0 Å². The van der Waals surface area contributed by atoms with Crippen LogP contribution < -0.4 is 10.6 Å². The van der Waals surface area contributed by atoms with Crippen LogP contribution in [0.5, 0.6) is 0 Å². The minimum absolute atomic E-state index is 0.111. The summed E-state index contributed by atoms with van der Waals surface area (Å²) in [5.74, 6) is -0.686. The molecule has 1 fully saturated rings. The number of anilines is 1. The van der Waals surface area contributed by atoms with Crippen molar-refractivity contribution in [1.29, 1.82) is 0 Å². The summed E-state index contributed by atoms with van der Waals surface area (Å²) >= 11 is 0. The minimum atomic E-state index is -0.509. The fourth-order valence-electron chi connectivity index (χ4n) is 3.27. The largest absolute Gasteiger partial charge is 0.344 e. The first-order chi connectivity index (χ1) is 12.5. The molecule has 6 nitrogen and oxygen atoms in total. The number of carbonyl (C=O) groups is 2. The van der Waals surface area contributed by atoms with Crippen molar-refractivity contribution < 1.29 is 14.0 Å². The molecule has 1 saturated heterocycles. The number of rotatable bonds is 3. The topological polar surface area (TPSA) is 86.9 Å². The fraction of sp³-hybridized carbons (Fsp3) is 0.211. The second kappa shape index (κ2) is 6.25. The molecule has 7 heteroatoms. The van der Waals surface area contributed by atoms with Gasteiger partial charge in [-0.3, -0.25) is 14.7 Å². The number of hydrogen-bond acceptors (Lipinski definition) is 3. The Morgan fingerprint density at radius 3 is 2.88 bits per heavy atom. The van der Waals surface area contributed by atoms with Crippen LogP contribution in [0, 0.1) is 12.7 Å². The van der Waals surface area contributed by atoms with Crippen molar-refractivity contribution in [2.24, 2.45) is 0 Å². The number of H-pyrrole nitrogens is 1. The van der Waals surface area contributed by atoms with E-state index in [-0.39, 0.29) is 17.6 Å². The van der Waals surface area contributed by atoms with E-state index < -0.39 is 6.04 Å². The zero-order valence-corrected chi connectivity index (χ0v) is 14.1. The van der Waals surface area contributed by atoms with E-state index in [4.69, 9.17) is 0 Å². The first kappa shape index (κ1) is 16.3. The predicted molar refractivity (Wildman–Crippen MR) is 96.0 cm³/mol. The summed E-state index contributed by atoms with van der Waals surface area (Å²) in [6.07, 6.45) is 0.855. The first-order valence-corrected chi connectivity index (χ1v) is 8.36. The SMILES string of the molecule is Cc1cc(NC(=O)C2CCC(=O)N2)cc2c(-c3cccc(F)c3)[nH]nc12. The molecule has 2 heterocycles. The molecule has 1 unspecified atom stereocenters. The van der Waals surface area contributed by atoms with Crippen molar-refractivity contribution >= 4 is 28.4 Å². The molecule has 1 atom stereocenters. The molecular weight excluding hydrogens is 335 g/mol. The number of aryl methyl sites for hydroxylation is 1. The van der Waals surface area contributed by atoms with Gasteiger partial charge in [0, 0.05) is 23.1 Å². The maximum Gasteiger partial charge on any atom is 0.246 e. The molecule has 0 radical (unpaired) electrons. The van der Waals surface area contributed by atoms with Crippen molar-refractivity contribution in [3.63, 3.8) is 0 Å². The van der Waals surface area contributed by atoms with E-state index in [1.165, 1.54) is 12.1 Å². The smallest absolute Gasteiger partial charge is 0.246 e. The van der Waals surface area contributed by atoms with Gasteiger partial charge in [-0.1, -0.05) is 12.1 Å². The number of aromatic amines is 1. The molecule has 132 valence electrons. The number of halogens is 1. The Labute approximate surface area is 148 Å². The van der Waals surface area contributed by atoms with Gasteiger partial charge in [0.15, 0.2) is 0 Å². The molecule has 4 rings (SSSR count). The highest BCUT2D eigenvalue weighted by Crippen LogP contribution is 2.31. The molecule has 0 saturated carbocycles. The lowest BCUT2D eigenvalue weighted by atomic mass is 10.0. The lowest BCUT2D eigenvalue weighted by molar-refractivity contribution is -0.122. The average molecular weight is 352 g/mol. The van der Waals surface area contributed by atoms with Gasteiger partial charge < -0.3 is 10.6 Å². The number of carbonyl (C=O) groups excluding carboxylic acids is 2. The number of nitrogens with one attached hydrogen (secondary N) is 3. The molecule has 1 aromatic heterocycles. The van der Waals surface area contributed by atoms with E-state index in [1.807, 2.05) is 13.0 Å². The van der Waals surface area contributed by atoms with Crippen LogP contribution in [0.4, 0.5) is 10.1 Å². The lowest BCUT2D eigenvalue weighted by Gasteiger charge is -2.12. The van der Waals surface area contributed by atoms with Crippen molar-refractivity contribution in [2.75, 3.05) is 5.32 Å². The summed E-state index contributed by atoms with van der Waals surface area (Å²) in [6, 6.07) is 9.37. The maximum absolute atomic E-state index is 13.6. The summed E-state index contributed by atoms with van der Waals surface area (Å²) < 4.78 is 13.6. The second-order valence-corrected chi connectivity index (χ2v) is 6.45. The third-order valence-corrected chi connectivity index (χ3v) is 4.54. The van der Waals surface area contributed by atoms with Gasteiger partial charge in [-0.2, -0.15) is 5.10 Å². The van der Waals surface area contributed by atoms with Crippen LogP contribution in [0.3, 0.4) is 0 Å². The van der Waals surface area contributed by atoms with E-state index in [9.17, 15) is 14.0 Å². The number of nitrogens with zero attached hydrogens (tertiary/aromatic N) is 1. The Morgan fingerprint density at radius 2 is 2.15 bits per heavy atom. The Balaban J connectivity index is 1.70. The van der Waals surface area contributed by atoms with Crippen LogP contribution in [0.2, 0.25) is 0 Å². The van der Waals surface area contributed by atoms with Crippen LogP contribution in [-0.4, -0.2) is 28.1 Å². The van der Waals surface area contributed by atoms with Crippen LogP contribution in [-0.2, 0) is 9.59 Å². The average Bonchev–Trinajstić information content (AvgIpc) is 3.21. The van der Waals surface area contributed by atoms with Crippen molar-refractivity contribution in [3.8, 4) is 11.3 Å². The standard InChI is InChI=1S/C19H17FN4O2/c1-10-7-13(21-19(26)15-5-6-16(25)22-15)9-14-17(10)23-24-18(14)11-3-2-4-12(20)8-11/h2-4,7-9,15H,5-6H2,1H3,(H,21,26)(H,22,25)(H,23,24). The van der Waals surface area contributed by atoms with Crippen molar-refractivity contribution in [3.05, 3.63) is 47.8 Å².